The van der Waals surface area contributed by atoms with Crippen LogP contribution in [-0.2, 0) is 17.6 Å². The Morgan fingerprint density at radius 2 is 1.53 bits per heavy atom. The molecule has 0 aliphatic rings. The molecule has 0 radical (unpaired) electrons. The molecule has 2 rings (SSSR count). The number of aryl methyl sites for hydroxylation is 1. The van der Waals surface area contributed by atoms with Crippen molar-refractivity contribution in [2.75, 3.05) is 5.73 Å². The molecule has 0 aromatic heterocycles. The Hall–Kier alpha value is -2.29. The van der Waals surface area contributed by atoms with E-state index in [0.29, 0.717) is 12.8 Å². The summed E-state index contributed by atoms with van der Waals surface area (Å²) < 4.78 is 0. The largest absolute Gasteiger partial charge is 0.508 e. The molecule has 0 heterocycles. The van der Waals surface area contributed by atoms with E-state index in [1.54, 1.807) is 24.3 Å². The maximum atomic E-state index is 11.9. The molecule has 0 saturated heterocycles. The first-order valence-electron chi connectivity index (χ1n) is 6.27. The molecular formula is C16H17NO2. The highest BCUT2D eigenvalue weighted by Crippen LogP contribution is 2.12. The van der Waals surface area contributed by atoms with E-state index < -0.39 is 0 Å². The summed E-state index contributed by atoms with van der Waals surface area (Å²) in [6.45, 7) is 0. The number of nitrogen functional groups attached to an aromatic ring is 1. The van der Waals surface area contributed by atoms with Crippen LogP contribution in [0.2, 0.25) is 0 Å². The predicted octanol–water partition coefficient (Wildman–Crippen LogP) is 2.72. The molecule has 2 aromatic rings. The lowest BCUT2D eigenvalue weighted by Gasteiger charge is -2.03. The van der Waals surface area contributed by atoms with Gasteiger partial charge in [-0.3, -0.25) is 4.79 Å². The minimum Gasteiger partial charge on any atom is -0.508 e. The van der Waals surface area contributed by atoms with Crippen LogP contribution in [0.3, 0.4) is 0 Å². The summed E-state index contributed by atoms with van der Waals surface area (Å²) >= 11 is 0. The van der Waals surface area contributed by atoms with E-state index in [1.165, 1.54) is 0 Å². The van der Waals surface area contributed by atoms with Crippen molar-refractivity contribution in [3.8, 4) is 5.75 Å². The normalized spacial score (nSPS) is 10.3. The first-order chi connectivity index (χ1) is 9.13. The number of rotatable bonds is 5. The van der Waals surface area contributed by atoms with Gasteiger partial charge in [0.05, 0.1) is 0 Å². The van der Waals surface area contributed by atoms with Gasteiger partial charge in [-0.2, -0.15) is 0 Å². The molecule has 3 nitrogen and oxygen atoms in total. The third kappa shape index (κ3) is 4.14. The van der Waals surface area contributed by atoms with Gasteiger partial charge in [-0.05, 0) is 41.8 Å². The fourth-order valence-electron chi connectivity index (χ4n) is 1.90. The van der Waals surface area contributed by atoms with Gasteiger partial charge in [-0.1, -0.05) is 24.3 Å². The van der Waals surface area contributed by atoms with Crippen LogP contribution in [0.5, 0.6) is 5.75 Å². The number of phenolic OH excluding ortho intramolecular Hbond substituents is 1. The van der Waals surface area contributed by atoms with Crippen molar-refractivity contribution in [2.45, 2.75) is 19.3 Å². The second-order valence-corrected chi connectivity index (χ2v) is 4.62. The smallest absolute Gasteiger partial charge is 0.137 e. The average molecular weight is 255 g/mol. The first kappa shape index (κ1) is 13.1. The zero-order valence-electron chi connectivity index (χ0n) is 10.7. The Balaban J connectivity index is 1.84. The average Bonchev–Trinajstić information content (AvgIpc) is 2.41. The summed E-state index contributed by atoms with van der Waals surface area (Å²) in [5, 5.41) is 9.17. The number of hydrogen-bond acceptors (Lipinski definition) is 3. The maximum absolute atomic E-state index is 11.9. The van der Waals surface area contributed by atoms with Crippen LogP contribution in [0.1, 0.15) is 17.5 Å². The van der Waals surface area contributed by atoms with E-state index in [0.717, 1.165) is 23.2 Å². The summed E-state index contributed by atoms with van der Waals surface area (Å²) in [7, 11) is 0. The highest BCUT2D eigenvalue weighted by atomic mass is 16.3. The van der Waals surface area contributed by atoms with Crippen molar-refractivity contribution in [2.24, 2.45) is 0 Å². The lowest BCUT2D eigenvalue weighted by Crippen LogP contribution is -2.04. The van der Waals surface area contributed by atoms with E-state index in [9.17, 15) is 9.90 Å². The number of carbonyl (C=O) groups excluding carboxylic acids is 1. The van der Waals surface area contributed by atoms with Crippen LogP contribution in [0.25, 0.3) is 0 Å². The lowest BCUT2D eigenvalue weighted by atomic mass is 10.0. The lowest BCUT2D eigenvalue weighted by molar-refractivity contribution is -0.118. The minimum absolute atomic E-state index is 0.197. The Kier molecular flexibility index (Phi) is 4.18. The zero-order valence-corrected chi connectivity index (χ0v) is 10.7. The van der Waals surface area contributed by atoms with Gasteiger partial charge in [-0.15, -0.1) is 0 Å². The van der Waals surface area contributed by atoms with E-state index in [4.69, 9.17) is 5.73 Å². The van der Waals surface area contributed by atoms with E-state index in [-0.39, 0.29) is 11.5 Å². The maximum Gasteiger partial charge on any atom is 0.137 e. The van der Waals surface area contributed by atoms with Gasteiger partial charge in [0.15, 0.2) is 0 Å². The fourth-order valence-corrected chi connectivity index (χ4v) is 1.90. The quantitative estimate of drug-likeness (QED) is 0.807. The predicted molar refractivity (Wildman–Crippen MR) is 76.0 cm³/mol. The molecule has 0 bridgehead atoms. The Bertz CT molecular complexity index is 544. The first-order valence-corrected chi connectivity index (χ1v) is 6.27. The number of benzene rings is 2. The summed E-state index contributed by atoms with van der Waals surface area (Å²) in [4.78, 5) is 11.9. The van der Waals surface area contributed by atoms with Gasteiger partial charge in [-0.25, -0.2) is 0 Å². The van der Waals surface area contributed by atoms with Crippen molar-refractivity contribution < 1.29 is 9.90 Å². The number of Topliss-reactive ketones (excluding diaryl/α,β-unsaturated/α-hetero) is 1. The van der Waals surface area contributed by atoms with Gasteiger partial charge in [0.25, 0.3) is 0 Å². The molecule has 0 aliphatic carbocycles. The Morgan fingerprint density at radius 3 is 2.16 bits per heavy atom. The van der Waals surface area contributed by atoms with Crippen molar-refractivity contribution in [3.63, 3.8) is 0 Å². The summed E-state index contributed by atoms with van der Waals surface area (Å²) in [5.41, 5.74) is 8.39. The van der Waals surface area contributed by atoms with Crippen molar-refractivity contribution >= 4 is 11.5 Å². The summed E-state index contributed by atoms with van der Waals surface area (Å²) in [5.74, 6) is 0.417. The highest BCUT2D eigenvalue weighted by molar-refractivity contribution is 5.81. The summed E-state index contributed by atoms with van der Waals surface area (Å²) in [6, 6.07) is 14.3. The number of ketones is 1. The number of nitrogens with two attached hydrogens (primary N) is 1. The number of hydrogen-bond donors (Lipinski definition) is 2. The van der Waals surface area contributed by atoms with Crippen LogP contribution in [0.15, 0.2) is 48.5 Å². The van der Waals surface area contributed by atoms with Gasteiger partial charge in [0, 0.05) is 18.5 Å². The topological polar surface area (TPSA) is 63.3 Å². The molecule has 19 heavy (non-hydrogen) atoms. The van der Waals surface area contributed by atoms with Gasteiger partial charge in [0.2, 0.25) is 0 Å². The molecule has 0 fully saturated rings. The van der Waals surface area contributed by atoms with E-state index >= 15 is 0 Å². The number of phenols is 1. The molecular weight excluding hydrogens is 238 g/mol. The molecule has 98 valence electrons. The van der Waals surface area contributed by atoms with Crippen LogP contribution in [-0.4, -0.2) is 10.9 Å². The molecule has 0 aliphatic heterocycles. The molecule has 2 aromatic carbocycles. The third-order valence-corrected chi connectivity index (χ3v) is 3.01. The number of carbonyl (C=O) groups is 1. The minimum atomic E-state index is 0.197. The van der Waals surface area contributed by atoms with Crippen molar-refractivity contribution in [3.05, 3.63) is 59.7 Å². The molecule has 0 saturated carbocycles. The van der Waals surface area contributed by atoms with Crippen LogP contribution < -0.4 is 5.73 Å². The molecule has 0 spiro atoms. The van der Waals surface area contributed by atoms with Crippen molar-refractivity contribution in [1.29, 1.82) is 0 Å². The fraction of sp³-hybridized carbons (Fsp3) is 0.188. The second-order valence-electron chi connectivity index (χ2n) is 4.62. The van der Waals surface area contributed by atoms with Crippen LogP contribution in [0, 0.1) is 0 Å². The molecule has 0 atom stereocenters. The standard InChI is InChI=1S/C16H17NO2/c17-14-6-1-12(2-7-14)3-10-16(19)11-13-4-8-15(18)9-5-13/h1-2,4-9,18H,3,10-11,17H2. The molecule has 0 unspecified atom stereocenters. The highest BCUT2D eigenvalue weighted by Gasteiger charge is 2.04. The molecule has 3 N–H and O–H groups in total. The number of aromatic hydroxyl groups is 1. The SMILES string of the molecule is Nc1ccc(CCC(=O)Cc2ccc(O)cc2)cc1. The van der Waals surface area contributed by atoms with Crippen LogP contribution in [0.4, 0.5) is 5.69 Å². The van der Waals surface area contributed by atoms with Gasteiger partial charge < -0.3 is 10.8 Å². The van der Waals surface area contributed by atoms with Crippen molar-refractivity contribution in [1.82, 2.24) is 0 Å². The van der Waals surface area contributed by atoms with Gasteiger partial charge in [0.1, 0.15) is 11.5 Å². The Labute approximate surface area is 112 Å². The second kappa shape index (κ2) is 6.05. The molecule has 0 amide bonds. The number of anilines is 1. The van der Waals surface area contributed by atoms with E-state index in [2.05, 4.69) is 0 Å². The van der Waals surface area contributed by atoms with Crippen LogP contribution >= 0.6 is 0 Å². The third-order valence-electron chi connectivity index (χ3n) is 3.01. The molecule has 3 heteroatoms. The van der Waals surface area contributed by atoms with E-state index in [1.807, 2.05) is 24.3 Å². The monoisotopic (exact) mass is 255 g/mol. The van der Waals surface area contributed by atoms with Gasteiger partial charge >= 0.3 is 0 Å². The zero-order chi connectivity index (χ0) is 13.7. The summed E-state index contributed by atoms with van der Waals surface area (Å²) in [6.07, 6.45) is 1.66. The Morgan fingerprint density at radius 1 is 0.947 bits per heavy atom.